The number of aliphatic hydroxyl groups excluding tert-OH is 1. The summed E-state index contributed by atoms with van der Waals surface area (Å²) in [6.07, 6.45) is -4.46. The van der Waals surface area contributed by atoms with Crippen molar-refractivity contribution in [3.63, 3.8) is 0 Å². The minimum Gasteiger partial charge on any atom is -0.459 e. The number of esters is 3. The normalized spacial score (nSPS) is 23.3. The van der Waals surface area contributed by atoms with Crippen molar-refractivity contribution in [1.82, 2.24) is 0 Å². The van der Waals surface area contributed by atoms with E-state index in [9.17, 15) is 19.5 Å². The molecule has 4 atom stereocenters. The molecule has 1 unspecified atom stereocenters. The first kappa shape index (κ1) is 21.5. The van der Waals surface area contributed by atoms with E-state index in [0.717, 1.165) is 0 Å². The number of carbonyl (C=O) groups excluding carboxylic acids is 3. The molecule has 2 aromatic carbocycles. The van der Waals surface area contributed by atoms with Gasteiger partial charge in [-0.1, -0.05) is 36.4 Å². The van der Waals surface area contributed by atoms with Gasteiger partial charge in [0.15, 0.2) is 0 Å². The molecule has 158 valence electrons. The van der Waals surface area contributed by atoms with Crippen molar-refractivity contribution in [2.75, 3.05) is 6.61 Å². The van der Waals surface area contributed by atoms with E-state index in [4.69, 9.17) is 18.9 Å². The number of ether oxygens (including phenoxy) is 4. The number of benzene rings is 2. The Bertz CT molecular complexity index is 867. The fraction of sp³-hybridized carbons (Fsp3) is 0.318. The van der Waals surface area contributed by atoms with E-state index in [1.807, 2.05) is 0 Å². The summed E-state index contributed by atoms with van der Waals surface area (Å²) in [6, 6.07) is 16.6. The standard InChI is InChI=1S/C22H22O8/c1-14(23)28-19-12-17(30-22(26)16-10-6-3-7-11-16)20(24)18(29-19)13-27-21(25)15-8-4-2-5-9-15/h2-11,17-20,24H,12-13H2,1H3/t17-,18-,19?,20-/m1/s1. The lowest BCUT2D eigenvalue weighted by molar-refractivity contribution is -0.249. The highest BCUT2D eigenvalue weighted by Crippen LogP contribution is 2.25. The zero-order valence-corrected chi connectivity index (χ0v) is 16.3. The van der Waals surface area contributed by atoms with Crippen molar-refractivity contribution in [1.29, 1.82) is 0 Å². The molecule has 1 aliphatic heterocycles. The summed E-state index contributed by atoms with van der Waals surface area (Å²) in [5.41, 5.74) is 0.652. The first-order valence-corrected chi connectivity index (χ1v) is 9.43. The predicted molar refractivity (Wildman–Crippen MR) is 103 cm³/mol. The summed E-state index contributed by atoms with van der Waals surface area (Å²) >= 11 is 0. The quantitative estimate of drug-likeness (QED) is 0.566. The van der Waals surface area contributed by atoms with E-state index < -0.39 is 42.5 Å². The largest absolute Gasteiger partial charge is 0.459 e. The average Bonchev–Trinajstić information content (AvgIpc) is 2.75. The van der Waals surface area contributed by atoms with E-state index in [-0.39, 0.29) is 13.0 Å². The maximum absolute atomic E-state index is 12.4. The van der Waals surface area contributed by atoms with E-state index in [2.05, 4.69) is 0 Å². The van der Waals surface area contributed by atoms with Gasteiger partial charge < -0.3 is 24.1 Å². The van der Waals surface area contributed by atoms with Gasteiger partial charge in [-0.15, -0.1) is 0 Å². The lowest BCUT2D eigenvalue weighted by Crippen LogP contribution is -2.52. The second-order valence-corrected chi connectivity index (χ2v) is 6.71. The fourth-order valence-electron chi connectivity index (χ4n) is 3.01. The molecule has 3 rings (SSSR count). The molecule has 0 bridgehead atoms. The van der Waals surface area contributed by atoms with Gasteiger partial charge in [0, 0.05) is 6.92 Å². The molecule has 1 N–H and O–H groups in total. The van der Waals surface area contributed by atoms with Gasteiger partial charge in [-0.3, -0.25) is 4.79 Å². The molecule has 0 spiro atoms. The third-order valence-electron chi connectivity index (χ3n) is 4.47. The van der Waals surface area contributed by atoms with Crippen LogP contribution in [-0.2, 0) is 23.7 Å². The zero-order valence-electron chi connectivity index (χ0n) is 16.3. The van der Waals surface area contributed by atoms with Gasteiger partial charge in [0.2, 0.25) is 6.29 Å². The van der Waals surface area contributed by atoms with Crippen LogP contribution in [0.2, 0.25) is 0 Å². The maximum atomic E-state index is 12.4. The molecule has 1 fully saturated rings. The van der Waals surface area contributed by atoms with Crippen LogP contribution in [-0.4, -0.2) is 54.2 Å². The summed E-state index contributed by atoms with van der Waals surface area (Å²) in [6.45, 7) is 0.899. The van der Waals surface area contributed by atoms with Crippen LogP contribution in [0.1, 0.15) is 34.1 Å². The molecule has 30 heavy (non-hydrogen) atoms. The number of carbonyl (C=O) groups is 3. The average molecular weight is 414 g/mol. The Balaban J connectivity index is 1.67. The van der Waals surface area contributed by atoms with Crippen LogP contribution in [0.4, 0.5) is 0 Å². The first-order chi connectivity index (χ1) is 14.4. The van der Waals surface area contributed by atoms with Crippen molar-refractivity contribution in [3.05, 3.63) is 71.8 Å². The molecule has 0 aromatic heterocycles. The molecule has 0 amide bonds. The topological polar surface area (TPSA) is 108 Å². The van der Waals surface area contributed by atoms with Crippen LogP contribution in [0, 0.1) is 0 Å². The third-order valence-corrected chi connectivity index (χ3v) is 4.47. The van der Waals surface area contributed by atoms with E-state index >= 15 is 0 Å². The SMILES string of the molecule is CC(=O)OC1C[C@@H](OC(=O)c2ccccc2)[C@@H](O)[C@@H](COC(=O)c2ccccc2)O1. The van der Waals surface area contributed by atoms with Gasteiger partial charge in [0.25, 0.3) is 0 Å². The summed E-state index contributed by atoms with van der Waals surface area (Å²) in [5.74, 6) is -1.83. The number of hydrogen-bond donors (Lipinski definition) is 1. The molecule has 1 heterocycles. The van der Waals surface area contributed by atoms with Crippen molar-refractivity contribution in [3.8, 4) is 0 Å². The predicted octanol–water partition coefficient (Wildman–Crippen LogP) is 2.11. The molecule has 2 aromatic rings. The summed E-state index contributed by atoms with van der Waals surface area (Å²) < 4.78 is 21.3. The lowest BCUT2D eigenvalue weighted by atomic mass is 10.0. The molecular formula is C22H22O8. The van der Waals surface area contributed by atoms with E-state index in [1.54, 1.807) is 60.7 Å². The molecule has 1 saturated heterocycles. The van der Waals surface area contributed by atoms with E-state index in [0.29, 0.717) is 11.1 Å². The smallest absolute Gasteiger partial charge is 0.338 e. The Morgan fingerprint density at radius 1 is 0.933 bits per heavy atom. The summed E-state index contributed by atoms with van der Waals surface area (Å²) in [7, 11) is 0. The monoisotopic (exact) mass is 414 g/mol. The van der Waals surface area contributed by atoms with Gasteiger partial charge in [-0.2, -0.15) is 0 Å². The minimum absolute atomic E-state index is 0.0531. The third kappa shape index (κ3) is 5.65. The van der Waals surface area contributed by atoms with Crippen molar-refractivity contribution in [2.45, 2.75) is 37.9 Å². The van der Waals surface area contributed by atoms with Gasteiger partial charge >= 0.3 is 17.9 Å². The number of aliphatic hydroxyl groups is 1. The second-order valence-electron chi connectivity index (χ2n) is 6.71. The highest BCUT2D eigenvalue weighted by molar-refractivity contribution is 5.89. The van der Waals surface area contributed by atoms with Crippen LogP contribution < -0.4 is 0 Å². The lowest BCUT2D eigenvalue weighted by Gasteiger charge is -2.37. The van der Waals surface area contributed by atoms with Crippen LogP contribution in [0.25, 0.3) is 0 Å². The molecule has 0 radical (unpaired) electrons. The van der Waals surface area contributed by atoms with Crippen LogP contribution >= 0.6 is 0 Å². The van der Waals surface area contributed by atoms with Gasteiger partial charge in [-0.05, 0) is 24.3 Å². The Kier molecular flexibility index (Phi) is 7.16. The van der Waals surface area contributed by atoms with Crippen LogP contribution in [0.3, 0.4) is 0 Å². The Hall–Kier alpha value is -3.23. The van der Waals surface area contributed by atoms with Gasteiger partial charge in [0.05, 0.1) is 17.5 Å². The first-order valence-electron chi connectivity index (χ1n) is 9.43. The summed E-state index contributed by atoms with van der Waals surface area (Å²) in [4.78, 5) is 35.9. The molecule has 0 aliphatic carbocycles. The molecule has 8 heteroatoms. The van der Waals surface area contributed by atoms with Crippen LogP contribution in [0.5, 0.6) is 0 Å². The van der Waals surface area contributed by atoms with E-state index in [1.165, 1.54) is 6.92 Å². The number of rotatable bonds is 6. The number of hydrogen-bond acceptors (Lipinski definition) is 8. The van der Waals surface area contributed by atoms with Gasteiger partial charge in [0.1, 0.15) is 24.9 Å². The van der Waals surface area contributed by atoms with Crippen molar-refractivity contribution in [2.24, 2.45) is 0 Å². The zero-order chi connectivity index (χ0) is 21.5. The fourth-order valence-corrected chi connectivity index (χ4v) is 3.01. The van der Waals surface area contributed by atoms with Crippen molar-refractivity contribution >= 4 is 17.9 Å². The molecule has 8 nitrogen and oxygen atoms in total. The Morgan fingerprint density at radius 3 is 2.07 bits per heavy atom. The molecule has 1 aliphatic rings. The Labute approximate surface area is 173 Å². The van der Waals surface area contributed by atoms with Crippen molar-refractivity contribution < 1.29 is 38.4 Å². The Morgan fingerprint density at radius 2 is 1.50 bits per heavy atom. The molecule has 0 saturated carbocycles. The highest BCUT2D eigenvalue weighted by Gasteiger charge is 2.42. The summed E-state index contributed by atoms with van der Waals surface area (Å²) in [5, 5.41) is 10.6. The van der Waals surface area contributed by atoms with Gasteiger partial charge in [-0.25, -0.2) is 9.59 Å². The molecular weight excluding hydrogens is 392 g/mol. The maximum Gasteiger partial charge on any atom is 0.338 e. The highest BCUT2D eigenvalue weighted by atomic mass is 16.7. The second kappa shape index (κ2) is 10.00. The minimum atomic E-state index is -1.28. The van der Waals surface area contributed by atoms with Crippen LogP contribution in [0.15, 0.2) is 60.7 Å².